The SMILES string of the molecule is C=C(C)[C@H](C)CC[C@H](C)[C@H]1CC[C@@]2(C)[C@@H]3CC[C@@H]4C(C)(C)C(=O)CC[C@@]45C[C@@]35CC[C@]12C. The molecular formula is C31H50O. The molecule has 5 saturated carbocycles. The number of Topliss-reactive ketones (excluding diaryl/α,β-unsaturated/α-hetero) is 1. The van der Waals surface area contributed by atoms with E-state index in [2.05, 4.69) is 55.0 Å². The molecule has 0 aromatic heterocycles. The van der Waals surface area contributed by atoms with Crippen LogP contribution >= 0.6 is 0 Å². The van der Waals surface area contributed by atoms with Crippen LogP contribution in [0.5, 0.6) is 0 Å². The summed E-state index contributed by atoms with van der Waals surface area (Å²) in [5, 5.41) is 0. The van der Waals surface area contributed by atoms with Gasteiger partial charge in [-0.05, 0) is 122 Å². The molecule has 1 nitrogen and oxygen atoms in total. The van der Waals surface area contributed by atoms with Crippen LogP contribution in [0.1, 0.15) is 119 Å². The molecule has 5 fully saturated rings. The van der Waals surface area contributed by atoms with Crippen LogP contribution in [0.15, 0.2) is 12.2 Å². The number of carbonyl (C=O) groups is 1. The highest BCUT2D eigenvalue weighted by Crippen LogP contribution is 2.88. The summed E-state index contributed by atoms with van der Waals surface area (Å²) in [5.74, 6) is 4.49. The molecule has 5 rings (SSSR count). The third-order valence-corrected chi connectivity index (χ3v) is 13.5. The van der Waals surface area contributed by atoms with Crippen LogP contribution in [0, 0.1) is 56.7 Å². The molecule has 0 amide bonds. The van der Waals surface area contributed by atoms with Gasteiger partial charge in [0, 0.05) is 11.8 Å². The molecule has 0 unspecified atom stereocenters. The summed E-state index contributed by atoms with van der Waals surface area (Å²) < 4.78 is 0. The summed E-state index contributed by atoms with van der Waals surface area (Å²) in [6, 6.07) is 0. The molecule has 0 aromatic carbocycles. The van der Waals surface area contributed by atoms with E-state index in [1.54, 1.807) is 0 Å². The fourth-order valence-electron chi connectivity index (χ4n) is 11.1. The predicted octanol–water partition coefficient (Wildman–Crippen LogP) is 8.62. The first-order valence-electron chi connectivity index (χ1n) is 14.0. The number of carbonyl (C=O) groups excluding carboxylic acids is 1. The number of rotatable bonds is 5. The van der Waals surface area contributed by atoms with Crippen LogP contribution in [0.3, 0.4) is 0 Å². The maximum absolute atomic E-state index is 12.8. The fraction of sp³-hybridized carbons (Fsp3) is 0.903. The quantitative estimate of drug-likeness (QED) is 0.393. The van der Waals surface area contributed by atoms with Crippen LogP contribution in [0.4, 0.5) is 0 Å². The molecule has 0 aromatic rings. The molecule has 0 radical (unpaired) electrons. The van der Waals surface area contributed by atoms with E-state index in [0.29, 0.717) is 39.3 Å². The second kappa shape index (κ2) is 6.97. The molecule has 0 aliphatic heterocycles. The molecule has 0 bridgehead atoms. The van der Waals surface area contributed by atoms with Crippen molar-refractivity contribution in [2.75, 3.05) is 0 Å². The van der Waals surface area contributed by atoms with E-state index in [9.17, 15) is 4.79 Å². The number of ketones is 1. The number of hydrogen-bond acceptors (Lipinski definition) is 1. The Hall–Kier alpha value is -0.590. The molecule has 2 spiro atoms. The Morgan fingerprint density at radius 2 is 1.56 bits per heavy atom. The highest BCUT2D eigenvalue weighted by molar-refractivity contribution is 5.86. The van der Waals surface area contributed by atoms with Gasteiger partial charge in [0.1, 0.15) is 5.78 Å². The monoisotopic (exact) mass is 438 g/mol. The summed E-state index contributed by atoms with van der Waals surface area (Å²) in [5.41, 5.74) is 3.37. The van der Waals surface area contributed by atoms with Crippen molar-refractivity contribution in [3.8, 4) is 0 Å². The van der Waals surface area contributed by atoms with E-state index in [-0.39, 0.29) is 5.41 Å². The van der Waals surface area contributed by atoms with Gasteiger partial charge < -0.3 is 0 Å². The Kier molecular flexibility index (Phi) is 5.05. The van der Waals surface area contributed by atoms with Gasteiger partial charge in [-0.2, -0.15) is 0 Å². The molecule has 32 heavy (non-hydrogen) atoms. The second-order valence-electron chi connectivity index (χ2n) is 14.6. The zero-order chi connectivity index (χ0) is 23.3. The van der Waals surface area contributed by atoms with E-state index in [0.717, 1.165) is 24.2 Å². The summed E-state index contributed by atoms with van der Waals surface area (Å²) in [7, 11) is 0. The first-order chi connectivity index (χ1) is 14.9. The lowest BCUT2D eigenvalue weighted by molar-refractivity contribution is -0.157. The van der Waals surface area contributed by atoms with Crippen LogP contribution in [0.25, 0.3) is 0 Å². The summed E-state index contributed by atoms with van der Waals surface area (Å²) in [6.45, 7) is 21.4. The number of hydrogen-bond donors (Lipinski definition) is 0. The van der Waals surface area contributed by atoms with Crippen LogP contribution in [0.2, 0.25) is 0 Å². The lowest BCUT2D eigenvalue weighted by Gasteiger charge is -2.62. The van der Waals surface area contributed by atoms with Crippen molar-refractivity contribution in [3.05, 3.63) is 12.2 Å². The Bertz CT molecular complexity index is 822. The van der Waals surface area contributed by atoms with Crippen LogP contribution in [-0.4, -0.2) is 5.78 Å². The third-order valence-electron chi connectivity index (χ3n) is 13.5. The zero-order valence-corrected chi connectivity index (χ0v) is 22.3. The largest absolute Gasteiger partial charge is 0.299 e. The molecule has 5 aliphatic rings. The Morgan fingerprint density at radius 1 is 0.906 bits per heavy atom. The normalized spacial score (nSPS) is 50.5. The van der Waals surface area contributed by atoms with Crippen molar-refractivity contribution in [2.24, 2.45) is 56.7 Å². The van der Waals surface area contributed by atoms with Gasteiger partial charge in [-0.3, -0.25) is 4.79 Å². The third kappa shape index (κ3) is 2.66. The van der Waals surface area contributed by atoms with Gasteiger partial charge in [-0.15, -0.1) is 0 Å². The number of allylic oxidation sites excluding steroid dienone is 1. The minimum atomic E-state index is -0.0823. The lowest BCUT2D eigenvalue weighted by atomic mass is 9.42. The topological polar surface area (TPSA) is 17.1 Å². The average Bonchev–Trinajstić information content (AvgIpc) is 3.31. The summed E-state index contributed by atoms with van der Waals surface area (Å²) in [4.78, 5) is 12.8. The number of fused-ring (bicyclic) bond motifs is 2. The van der Waals surface area contributed by atoms with E-state index in [4.69, 9.17) is 0 Å². The Balaban J connectivity index is 1.39. The van der Waals surface area contributed by atoms with Crippen molar-refractivity contribution in [2.45, 2.75) is 119 Å². The lowest BCUT2D eigenvalue weighted by Crippen LogP contribution is -2.57. The van der Waals surface area contributed by atoms with Crippen LogP contribution in [-0.2, 0) is 4.79 Å². The summed E-state index contributed by atoms with van der Waals surface area (Å²) >= 11 is 0. The smallest absolute Gasteiger partial charge is 0.138 e. The van der Waals surface area contributed by atoms with Gasteiger partial charge >= 0.3 is 0 Å². The molecule has 0 heterocycles. The van der Waals surface area contributed by atoms with Crippen molar-refractivity contribution >= 4 is 5.78 Å². The maximum atomic E-state index is 12.8. The standard InChI is InChI=1S/C31H50O/c1-20(2)21(3)9-10-22(4)23-13-15-29(8)25-12-11-24-27(5,6)26(32)14-16-30(24)19-31(25,30)18-17-28(23,29)7/h21-25H,1,9-19H2,2-8H3/t21-,22+,23-,24-,25+,28-,29+,30-,31+/m1/s1. The highest BCUT2D eigenvalue weighted by atomic mass is 16.1. The second-order valence-corrected chi connectivity index (χ2v) is 14.6. The molecule has 0 saturated heterocycles. The zero-order valence-electron chi connectivity index (χ0n) is 22.3. The molecule has 5 aliphatic carbocycles. The molecule has 9 atom stereocenters. The van der Waals surface area contributed by atoms with Gasteiger partial charge in [-0.1, -0.05) is 53.7 Å². The molecule has 0 N–H and O–H groups in total. The van der Waals surface area contributed by atoms with Crippen molar-refractivity contribution < 1.29 is 4.79 Å². The fourth-order valence-corrected chi connectivity index (χ4v) is 11.1. The first-order valence-corrected chi connectivity index (χ1v) is 14.0. The molecule has 180 valence electrons. The van der Waals surface area contributed by atoms with Gasteiger partial charge in [0.15, 0.2) is 0 Å². The van der Waals surface area contributed by atoms with Gasteiger partial charge in [0.2, 0.25) is 0 Å². The van der Waals surface area contributed by atoms with Gasteiger partial charge in [0.25, 0.3) is 0 Å². The Morgan fingerprint density at radius 3 is 2.25 bits per heavy atom. The van der Waals surface area contributed by atoms with Crippen molar-refractivity contribution in [1.82, 2.24) is 0 Å². The minimum absolute atomic E-state index is 0.0823. The predicted molar refractivity (Wildman–Crippen MR) is 134 cm³/mol. The van der Waals surface area contributed by atoms with Crippen LogP contribution < -0.4 is 0 Å². The van der Waals surface area contributed by atoms with Gasteiger partial charge in [0.05, 0.1) is 0 Å². The maximum Gasteiger partial charge on any atom is 0.138 e. The molecular weight excluding hydrogens is 388 g/mol. The average molecular weight is 439 g/mol. The molecule has 1 heteroatoms. The highest BCUT2D eigenvalue weighted by Gasteiger charge is 2.82. The van der Waals surface area contributed by atoms with Crippen molar-refractivity contribution in [3.63, 3.8) is 0 Å². The van der Waals surface area contributed by atoms with Crippen molar-refractivity contribution in [1.29, 1.82) is 0 Å². The minimum Gasteiger partial charge on any atom is -0.299 e. The van der Waals surface area contributed by atoms with E-state index >= 15 is 0 Å². The van der Waals surface area contributed by atoms with E-state index in [1.807, 2.05) is 0 Å². The first kappa shape index (κ1) is 23.2. The van der Waals surface area contributed by atoms with E-state index in [1.165, 1.54) is 69.8 Å². The Labute approximate surface area is 198 Å². The van der Waals surface area contributed by atoms with Gasteiger partial charge in [-0.25, -0.2) is 0 Å². The van der Waals surface area contributed by atoms with E-state index < -0.39 is 0 Å². The summed E-state index contributed by atoms with van der Waals surface area (Å²) in [6.07, 6.45) is 14.7.